The molecule has 0 aromatic carbocycles. The number of anilines is 3. The molecule has 0 aliphatic carbocycles. The highest BCUT2D eigenvalue weighted by atomic mass is 16.2. The number of guanidine groups is 2. The van der Waals surface area contributed by atoms with Crippen molar-refractivity contribution in [3.63, 3.8) is 0 Å². The maximum Gasteiger partial charge on any atom is 0.291 e. The molecule has 0 bridgehead atoms. The zero-order valence-electron chi connectivity index (χ0n) is 33.4. The molecule has 26 nitrogen and oxygen atoms in total. The molecule has 326 valence electrons. The number of hydrogen-bond acceptors (Lipinski definition) is 12. The highest BCUT2D eigenvalue weighted by Gasteiger charge is 2.24. The fourth-order valence-electron chi connectivity index (χ4n) is 5.50. The summed E-state index contributed by atoms with van der Waals surface area (Å²) in [5.41, 5.74) is 22.2. The van der Waals surface area contributed by atoms with Gasteiger partial charge in [0, 0.05) is 78.8 Å². The summed E-state index contributed by atoms with van der Waals surface area (Å²) < 4.78 is 4.23. The largest absolute Gasteiger partial charge is 0.370 e. The number of carbonyl (C=O) groups excluding carboxylic acids is 7. The molecule has 2 atom stereocenters. The molecule has 0 radical (unpaired) electrons. The van der Waals surface area contributed by atoms with Crippen molar-refractivity contribution < 1.29 is 33.6 Å². The van der Waals surface area contributed by atoms with Gasteiger partial charge in [0.1, 0.15) is 11.7 Å². The van der Waals surface area contributed by atoms with Gasteiger partial charge in [-0.15, -0.1) is 0 Å². The lowest BCUT2D eigenvalue weighted by Gasteiger charge is -2.21. The predicted molar refractivity (Wildman–Crippen MR) is 218 cm³/mol. The standard InChI is InChI=1S/C34H53N19O7/c1-51-15-18(14-21(51)31(59)42-13-9-25(55)47-22-16-52(2)27(49-22)26(36)56)45-32(60)28-50-23(17-53(28)3)48-24(54)8-12-41-30(58)20(7-5-11-44-34(39)40)46-29(57)19(35)6-4-10-43-33(37)38/h14-17,19-20H,4-13,35H2,1-3H3,(H2,36,56)(H,41,58)(H,42,59)(H,45,60)(H,46,57)(H,47,55)(H,48,54)(H4,37,38,43)(H4,39,40,44)/t19-,20-/m0/s1. The zero-order valence-corrected chi connectivity index (χ0v) is 33.4. The summed E-state index contributed by atoms with van der Waals surface area (Å²) in [6, 6.07) is -0.505. The van der Waals surface area contributed by atoms with Crippen LogP contribution in [0.5, 0.6) is 0 Å². The summed E-state index contributed by atoms with van der Waals surface area (Å²) in [6.45, 7) is 0.483. The number of hydrogen-bond donors (Lipinski definition) is 14. The minimum atomic E-state index is -0.999. The van der Waals surface area contributed by atoms with Crippen molar-refractivity contribution in [1.29, 1.82) is 10.8 Å². The van der Waals surface area contributed by atoms with Crippen molar-refractivity contribution in [1.82, 2.24) is 50.3 Å². The lowest BCUT2D eigenvalue weighted by molar-refractivity contribution is -0.130. The van der Waals surface area contributed by atoms with E-state index in [0.29, 0.717) is 19.4 Å². The number of aromatic nitrogens is 5. The SMILES string of the molecule is Cn1cc(NC(=O)c2nc(NC(=O)CCNC(=O)[C@H](CCCNC(=N)N)NC(=O)[C@@H](N)CCCNC(=N)N)cn2C)cc1C(=O)NCCC(=O)Nc1cn(C)c(C(N)=O)n1. The predicted octanol–water partition coefficient (Wildman–Crippen LogP) is -3.61. The molecule has 0 aliphatic rings. The summed E-state index contributed by atoms with van der Waals surface area (Å²) in [5.74, 6) is -4.40. The van der Waals surface area contributed by atoms with Crippen LogP contribution in [0.15, 0.2) is 24.7 Å². The first-order valence-electron chi connectivity index (χ1n) is 18.6. The van der Waals surface area contributed by atoms with Gasteiger partial charge in [0.15, 0.2) is 23.6 Å². The van der Waals surface area contributed by atoms with Crippen LogP contribution in [0.3, 0.4) is 0 Å². The number of amides is 7. The number of aryl methyl sites for hydroxylation is 3. The van der Waals surface area contributed by atoms with Gasteiger partial charge < -0.3 is 79.2 Å². The van der Waals surface area contributed by atoms with Crippen molar-refractivity contribution in [3.8, 4) is 0 Å². The Labute approximate surface area is 343 Å². The molecular weight excluding hydrogens is 786 g/mol. The first-order chi connectivity index (χ1) is 28.3. The fourth-order valence-corrected chi connectivity index (χ4v) is 5.50. The van der Waals surface area contributed by atoms with E-state index in [9.17, 15) is 33.6 Å². The van der Waals surface area contributed by atoms with E-state index in [1.807, 2.05) is 0 Å². The summed E-state index contributed by atoms with van der Waals surface area (Å²) in [5, 5.41) is 35.3. The van der Waals surface area contributed by atoms with E-state index in [4.69, 9.17) is 33.8 Å². The van der Waals surface area contributed by atoms with Crippen LogP contribution in [0.25, 0.3) is 0 Å². The minimum absolute atomic E-state index is 0.0277. The summed E-state index contributed by atoms with van der Waals surface area (Å²) in [7, 11) is 4.68. The monoisotopic (exact) mass is 839 g/mol. The maximum atomic E-state index is 13.1. The van der Waals surface area contributed by atoms with Gasteiger partial charge in [-0.3, -0.25) is 44.4 Å². The Morgan fingerprint density at radius 2 is 1.18 bits per heavy atom. The van der Waals surface area contributed by atoms with Crippen LogP contribution in [0.1, 0.15) is 70.3 Å². The quantitative estimate of drug-likeness (QED) is 0.0249. The van der Waals surface area contributed by atoms with Crippen LogP contribution in [-0.4, -0.2) is 115 Å². The van der Waals surface area contributed by atoms with E-state index < -0.39 is 53.4 Å². The fraction of sp³-hybridized carbons (Fsp3) is 0.441. The molecular formula is C34H53N19O7. The van der Waals surface area contributed by atoms with Crippen molar-refractivity contribution in [2.24, 2.45) is 44.1 Å². The van der Waals surface area contributed by atoms with E-state index in [-0.39, 0.29) is 91.9 Å². The van der Waals surface area contributed by atoms with Crippen molar-refractivity contribution in [3.05, 3.63) is 42.0 Å². The van der Waals surface area contributed by atoms with Crippen molar-refractivity contribution in [2.75, 3.05) is 42.1 Å². The molecule has 0 spiro atoms. The lowest BCUT2D eigenvalue weighted by Crippen LogP contribution is -2.52. The van der Waals surface area contributed by atoms with E-state index in [0.717, 1.165) is 0 Å². The van der Waals surface area contributed by atoms with Gasteiger partial charge in [0.05, 0.1) is 11.7 Å². The Balaban J connectivity index is 1.48. The van der Waals surface area contributed by atoms with Crippen LogP contribution >= 0.6 is 0 Å². The smallest absolute Gasteiger partial charge is 0.291 e. The number of imidazole rings is 2. The van der Waals surface area contributed by atoms with Gasteiger partial charge in [-0.1, -0.05) is 0 Å². The Kier molecular flexibility index (Phi) is 17.5. The molecule has 60 heavy (non-hydrogen) atoms. The number of primary amides is 1. The lowest BCUT2D eigenvalue weighted by atomic mass is 10.1. The minimum Gasteiger partial charge on any atom is -0.370 e. The van der Waals surface area contributed by atoms with Gasteiger partial charge in [0.2, 0.25) is 35.3 Å². The highest BCUT2D eigenvalue weighted by Crippen LogP contribution is 2.16. The Morgan fingerprint density at radius 3 is 1.73 bits per heavy atom. The third-order valence-electron chi connectivity index (χ3n) is 8.46. The Bertz CT molecular complexity index is 2070. The summed E-state index contributed by atoms with van der Waals surface area (Å²) in [6.07, 6.45) is 5.31. The van der Waals surface area contributed by atoms with Gasteiger partial charge in [-0.25, -0.2) is 9.97 Å². The van der Waals surface area contributed by atoms with Crippen LogP contribution in [0, 0.1) is 10.8 Å². The van der Waals surface area contributed by atoms with Gasteiger partial charge in [-0.2, -0.15) is 0 Å². The van der Waals surface area contributed by atoms with Crippen LogP contribution in [0.2, 0.25) is 0 Å². The normalized spacial score (nSPS) is 11.7. The third kappa shape index (κ3) is 15.1. The van der Waals surface area contributed by atoms with E-state index >= 15 is 0 Å². The molecule has 18 N–H and O–H groups in total. The molecule has 0 aliphatic heterocycles. The van der Waals surface area contributed by atoms with Crippen LogP contribution in [0.4, 0.5) is 17.3 Å². The van der Waals surface area contributed by atoms with Gasteiger partial charge in [0.25, 0.3) is 17.7 Å². The molecule has 0 fully saturated rings. The Morgan fingerprint density at radius 1 is 0.650 bits per heavy atom. The van der Waals surface area contributed by atoms with Gasteiger partial charge >= 0.3 is 0 Å². The van der Waals surface area contributed by atoms with Crippen LogP contribution < -0.4 is 65.5 Å². The molecule has 26 heteroatoms. The molecule has 7 amide bonds. The topological polar surface area (TPSA) is 408 Å². The number of nitrogens with zero attached hydrogens (tertiary/aromatic N) is 5. The maximum absolute atomic E-state index is 13.1. The molecule has 0 unspecified atom stereocenters. The van der Waals surface area contributed by atoms with E-state index in [1.165, 1.54) is 45.4 Å². The number of rotatable bonds is 23. The first kappa shape index (κ1) is 46.9. The summed E-state index contributed by atoms with van der Waals surface area (Å²) >= 11 is 0. The average molecular weight is 840 g/mol. The Hall–Kier alpha value is -7.51. The van der Waals surface area contributed by atoms with Crippen molar-refractivity contribution >= 4 is 70.6 Å². The van der Waals surface area contributed by atoms with Gasteiger partial charge in [-0.05, 0) is 31.7 Å². The molecule has 0 saturated carbocycles. The molecule has 0 saturated heterocycles. The summed E-state index contributed by atoms with van der Waals surface area (Å²) in [4.78, 5) is 96.3. The van der Waals surface area contributed by atoms with E-state index in [1.54, 1.807) is 14.1 Å². The number of nitrogens with one attached hydrogen (secondary N) is 10. The highest BCUT2D eigenvalue weighted by molar-refractivity contribution is 6.04. The second-order valence-electron chi connectivity index (χ2n) is 13.4. The third-order valence-corrected chi connectivity index (χ3v) is 8.46. The zero-order chi connectivity index (χ0) is 44.5. The first-order valence-corrected chi connectivity index (χ1v) is 18.6. The molecule has 3 rings (SSSR count). The van der Waals surface area contributed by atoms with Crippen LogP contribution in [-0.2, 0) is 40.3 Å². The second kappa shape index (κ2) is 22.4. The second-order valence-corrected chi connectivity index (χ2v) is 13.4. The number of nitrogens with two attached hydrogens (primary N) is 4. The molecule has 3 aromatic rings. The molecule has 3 aromatic heterocycles. The van der Waals surface area contributed by atoms with Crippen molar-refractivity contribution in [2.45, 2.75) is 50.6 Å². The average Bonchev–Trinajstić information content (AvgIpc) is 3.85. The van der Waals surface area contributed by atoms with E-state index in [2.05, 4.69) is 52.5 Å². The molecule has 3 heterocycles. The number of carbonyl (C=O) groups is 7.